The summed E-state index contributed by atoms with van der Waals surface area (Å²) in [5.74, 6) is 0. The average molecular weight is 383 g/mol. The minimum atomic E-state index is -0.195. The fourth-order valence-corrected chi connectivity index (χ4v) is 5.28. The lowest BCUT2D eigenvalue weighted by Gasteiger charge is -2.17. The van der Waals surface area contributed by atoms with E-state index in [9.17, 15) is 0 Å². The number of aromatic nitrogens is 3. The first-order valence-electron chi connectivity index (χ1n) is 8.89. The molecule has 3 nitrogen and oxygen atoms in total. The molecule has 0 radical (unpaired) electrons. The first kappa shape index (κ1) is 17.6. The van der Waals surface area contributed by atoms with Crippen LogP contribution in [0.1, 0.15) is 45.2 Å². The van der Waals surface area contributed by atoms with Gasteiger partial charge in [-0.1, -0.05) is 26.8 Å². The molecule has 0 saturated carbocycles. The van der Waals surface area contributed by atoms with Gasteiger partial charge in [-0.05, 0) is 41.7 Å². The van der Waals surface area contributed by atoms with E-state index in [-0.39, 0.29) is 5.54 Å². The molecule has 0 saturated heterocycles. The van der Waals surface area contributed by atoms with Crippen LogP contribution in [-0.4, -0.2) is 9.97 Å². The van der Waals surface area contributed by atoms with Crippen molar-refractivity contribution < 1.29 is 3.96 Å². The van der Waals surface area contributed by atoms with Gasteiger partial charge in [0.25, 0.3) is 0 Å². The van der Waals surface area contributed by atoms with Crippen molar-refractivity contribution in [2.24, 2.45) is 5.41 Å². The summed E-state index contributed by atoms with van der Waals surface area (Å²) in [6.45, 7) is 11.3. The molecule has 0 aliphatic rings. The molecule has 0 atom stereocenters. The van der Waals surface area contributed by atoms with E-state index < -0.39 is 0 Å². The lowest BCUT2D eigenvalue weighted by atomic mass is 9.88. The van der Waals surface area contributed by atoms with Gasteiger partial charge in [0.1, 0.15) is 16.2 Å². The van der Waals surface area contributed by atoms with Crippen molar-refractivity contribution in [2.45, 2.75) is 46.6 Å². The molecule has 1 aromatic carbocycles. The summed E-state index contributed by atoms with van der Waals surface area (Å²) in [5, 5.41) is 2.40. The highest BCUT2D eigenvalue weighted by Gasteiger charge is 2.37. The van der Waals surface area contributed by atoms with Crippen LogP contribution in [0.25, 0.3) is 20.4 Å². The molecule has 0 fully saturated rings. The lowest BCUT2D eigenvalue weighted by molar-refractivity contribution is -0.683. The molecule has 0 aliphatic carbocycles. The van der Waals surface area contributed by atoms with Crippen molar-refractivity contribution in [1.29, 1.82) is 0 Å². The Labute approximate surface area is 162 Å². The summed E-state index contributed by atoms with van der Waals surface area (Å²) >= 11 is 3.53. The van der Waals surface area contributed by atoms with Crippen molar-refractivity contribution in [2.75, 3.05) is 0 Å². The van der Waals surface area contributed by atoms with Gasteiger partial charge in [0.2, 0.25) is 5.54 Å². The van der Waals surface area contributed by atoms with E-state index in [1.807, 2.05) is 12.3 Å². The Bertz CT molecular complexity index is 1050. The number of fused-ring (bicyclic) bond motifs is 2. The molecular weight excluding hydrogens is 358 g/mol. The third-order valence-corrected chi connectivity index (χ3v) is 7.15. The molecule has 0 unspecified atom stereocenters. The van der Waals surface area contributed by atoms with Crippen LogP contribution in [0.5, 0.6) is 0 Å². The van der Waals surface area contributed by atoms with Crippen molar-refractivity contribution in [3.8, 4) is 0 Å². The molecule has 0 aliphatic heterocycles. The highest BCUT2D eigenvalue weighted by Crippen LogP contribution is 2.31. The van der Waals surface area contributed by atoms with E-state index >= 15 is 0 Å². The standard InChI is InChI=1S/C21H24N3S2/c1-20(2,3)12-14-8-9-16-15(11-14)13-24(26-16)21(4,5)19-23-18-17(25-19)7-6-10-22-18/h6-11,13H,12H2,1-5H3/q+1. The van der Waals surface area contributed by atoms with E-state index in [2.05, 4.69) is 74.0 Å². The zero-order chi connectivity index (χ0) is 18.5. The monoisotopic (exact) mass is 382 g/mol. The maximum atomic E-state index is 4.79. The Balaban J connectivity index is 1.74. The van der Waals surface area contributed by atoms with Crippen LogP contribution in [0.4, 0.5) is 0 Å². The van der Waals surface area contributed by atoms with Gasteiger partial charge in [-0.25, -0.2) is 9.97 Å². The molecule has 26 heavy (non-hydrogen) atoms. The van der Waals surface area contributed by atoms with E-state index in [4.69, 9.17) is 4.98 Å². The molecule has 3 aromatic heterocycles. The van der Waals surface area contributed by atoms with E-state index in [1.54, 1.807) is 22.9 Å². The summed E-state index contributed by atoms with van der Waals surface area (Å²) < 4.78 is 4.79. The number of hydrogen-bond acceptors (Lipinski definition) is 4. The summed E-state index contributed by atoms with van der Waals surface area (Å²) in [7, 11) is 0. The fraction of sp³-hybridized carbons (Fsp3) is 0.381. The summed E-state index contributed by atoms with van der Waals surface area (Å²) in [5.41, 5.74) is 2.35. The topological polar surface area (TPSA) is 29.7 Å². The Kier molecular flexibility index (Phi) is 4.12. The summed E-state index contributed by atoms with van der Waals surface area (Å²) in [6.07, 6.45) is 5.17. The largest absolute Gasteiger partial charge is 0.236 e. The van der Waals surface area contributed by atoms with Gasteiger partial charge in [0, 0.05) is 20.0 Å². The first-order valence-corrected chi connectivity index (χ1v) is 10.5. The minimum absolute atomic E-state index is 0.195. The first-order chi connectivity index (χ1) is 12.2. The van der Waals surface area contributed by atoms with Gasteiger partial charge in [-0.2, -0.15) is 0 Å². The number of rotatable bonds is 3. The van der Waals surface area contributed by atoms with Gasteiger partial charge in [0.15, 0.2) is 16.9 Å². The summed E-state index contributed by atoms with van der Waals surface area (Å²) in [4.78, 5) is 9.18. The van der Waals surface area contributed by atoms with E-state index in [0.717, 1.165) is 21.8 Å². The second-order valence-electron chi connectivity index (χ2n) is 8.56. The van der Waals surface area contributed by atoms with Gasteiger partial charge in [0.05, 0.1) is 10.1 Å². The molecule has 0 bridgehead atoms. The van der Waals surface area contributed by atoms with E-state index in [1.165, 1.54) is 15.6 Å². The van der Waals surface area contributed by atoms with Crippen LogP contribution in [0, 0.1) is 5.41 Å². The average Bonchev–Trinajstić information content (AvgIpc) is 3.17. The van der Waals surface area contributed by atoms with Crippen molar-refractivity contribution >= 4 is 43.3 Å². The second-order valence-corrected chi connectivity index (χ2v) is 10.6. The lowest BCUT2D eigenvalue weighted by Crippen LogP contribution is -2.49. The van der Waals surface area contributed by atoms with Gasteiger partial charge >= 0.3 is 0 Å². The van der Waals surface area contributed by atoms with E-state index in [0.29, 0.717) is 5.41 Å². The normalized spacial score (nSPS) is 13.0. The SMILES string of the molecule is CC(C)(C)Cc1ccc2s[n+](C(C)(C)c3nc4ncccc4s3)cc2c1. The number of thiazole rings is 1. The van der Waals surface area contributed by atoms with Crippen LogP contribution < -0.4 is 3.96 Å². The maximum Gasteiger partial charge on any atom is 0.227 e. The molecule has 5 heteroatoms. The smallest absolute Gasteiger partial charge is 0.227 e. The highest BCUT2D eigenvalue weighted by atomic mass is 32.1. The van der Waals surface area contributed by atoms with Gasteiger partial charge < -0.3 is 0 Å². The third kappa shape index (κ3) is 3.26. The predicted molar refractivity (Wildman–Crippen MR) is 111 cm³/mol. The minimum Gasteiger partial charge on any atom is -0.236 e. The second kappa shape index (κ2) is 6.10. The van der Waals surface area contributed by atoms with Crippen LogP contribution in [0.3, 0.4) is 0 Å². The molecule has 134 valence electrons. The maximum absolute atomic E-state index is 4.79. The molecule has 0 amide bonds. The summed E-state index contributed by atoms with van der Waals surface area (Å²) in [6, 6.07) is 10.9. The Morgan fingerprint density at radius 2 is 1.85 bits per heavy atom. The van der Waals surface area contributed by atoms with Crippen molar-refractivity contribution in [3.05, 3.63) is 53.3 Å². The number of benzene rings is 1. The highest BCUT2D eigenvalue weighted by molar-refractivity contribution is 7.18. The molecule has 4 rings (SSSR count). The fourth-order valence-electron chi connectivity index (χ4n) is 3.16. The third-order valence-electron chi connectivity index (χ3n) is 4.50. The Hall–Kier alpha value is -1.85. The predicted octanol–water partition coefficient (Wildman–Crippen LogP) is 5.57. The van der Waals surface area contributed by atoms with Gasteiger partial charge in [-0.3, -0.25) is 0 Å². The number of pyridine rings is 1. The zero-order valence-corrected chi connectivity index (χ0v) is 17.5. The van der Waals surface area contributed by atoms with Crippen LogP contribution in [-0.2, 0) is 12.0 Å². The molecule has 4 aromatic rings. The van der Waals surface area contributed by atoms with Crippen LogP contribution in [0.2, 0.25) is 0 Å². The Morgan fingerprint density at radius 1 is 1.04 bits per heavy atom. The van der Waals surface area contributed by atoms with Crippen LogP contribution >= 0.6 is 22.9 Å². The quantitative estimate of drug-likeness (QED) is 0.434. The molecular formula is C21H24N3S2+. The zero-order valence-electron chi connectivity index (χ0n) is 15.9. The number of nitrogens with zero attached hydrogens (tertiary/aromatic N) is 3. The number of hydrogen-bond donors (Lipinski definition) is 0. The van der Waals surface area contributed by atoms with Crippen molar-refractivity contribution in [3.63, 3.8) is 0 Å². The molecule has 0 N–H and O–H groups in total. The van der Waals surface area contributed by atoms with Crippen molar-refractivity contribution in [1.82, 2.24) is 9.97 Å². The Morgan fingerprint density at radius 3 is 2.58 bits per heavy atom. The van der Waals surface area contributed by atoms with Crippen LogP contribution in [0.15, 0.2) is 42.7 Å². The molecule has 3 heterocycles. The van der Waals surface area contributed by atoms with Gasteiger partial charge in [-0.15, -0.1) is 15.3 Å². The molecule has 0 spiro atoms.